The number of rotatable bonds is 7. The van der Waals surface area contributed by atoms with Crippen molar-refractivity contribution in [3.63, 3.8) is 0 Å². The molecule has 7 nitrogen and oxygen atoms in total. The summed E-state index contributed by atoms with van der Waals surface area (Å²) in [4.78, 5) is 36.4. The molecule has 1 unspecified atom stereocenters. The maximum Gasteiger partial charge on any atom is 0.333 e. The number of ether oxygens (including phenoxy) is 3. The van der Waals surface area contributed by atoms with E-state index < -0.39 is 23.9 Å². The standard InChI is InChI=1S/C20H21NO6/c1-25-16-10-9-13(12-17(22)26-2)11-15(16)18(20(24)27-3)21-19(23)14-7-5-4-6-8-14/h4-11,18H,12H2,1-3H3,(H,21,23). The van der Waals surface area contributed by atoms with Crippen LogP contribution in [0, 0.1) is 0 Å². The highest BCUT2D eigenvalue weighted by atomic mass is 16.5. The first-order valence-electron chi connectivity index (χ1n) is 8.17. The van der Waals surface area contributed by atoms with Crippen LogP contribution in [-0.2, 0) is 25.5 Å². The lowest BCUT2D eigenvalue weighted by atomic mass is 10.0. The number of hydrogen-bond donors (Lipinski definition) is 1. The van der Waals surface area contributed by atoms with Gasteiger partial charge in [-0.1, -0.05) is 24.3 Å². The fourth-order valence-electron chi connectivity index (χ4n) is 2.54. The van der Waals surface area contributed by atoms with Crippen molar-refractivity contribution in [1.29, 1.82) is 0 Å². The Bertz CT molecular complexity index is 818. The summed E-state index contributed by atoms with van der Waals surface area (Å²) in [5.41, 5.74) is 1.40. The molecule has 0 heterocycles. The van der Waals surface area contributed by atoms with E-state index in [0.717, 1.165) is 0 Å². The van der Waals surface area contributed by atoms with Crippen LogP contribution in [0.1, 0.15) is 27.5 Å². The van der Waals surface area contributed by atoms with Gasteiger partial charge in [0, 0.05) is 11.1 Å². The van der Waals surface area contributed by atoms with E-state index in [0.29, 0.717) is 22.4 Å². The molecule has 2 aromatic carbocycles. The molecule has 2 aromatic rings. The molecule has 7 heteroatoms. The minimum absolute atomic E-state index is 0.0218. The van der Waals surface area contributed by atoms with E-state index in [1.807, 2.05) is 0 Å². The number of methoxy groups -OCH3 is 3. The Hall–Kier alpha value is -3.35. The predicted molar refractivity (Wildman–Crippen MR) is 97.4 cm³/mol. The highest BCUT2D eigenvalue weighted by Crippen LogP contribution is 2.28. The molecule has 0 aliphatic heterocycles. The van der Waals surface area contributed by atoms with Gasteiger partial charge >= 0.3 is 11.9 Å². The Morgan fingerprint density at radius 3 is 2.26 bits per heavy atom. The zero-order valence-electron chi connectivity index (χ0n) is 15.4. The summed E-state index contributed by atoms with van der Waals surface area (Å²) >= 11 is 0. The van der Waals surface area contributed by atoms with Gasteiger partial charge in [0.25, 0.3) is 5.91 Å². The van der Waals surface area contributed by atoms with Crippen LogP contribution >= 0.6 is 0 Å². The Morgan fingerprint density at radius 1 is 0.963 bits per heavy atom. The second-order valence-electron chi connectivity index (χ2n) is 5.62. The number of carbonyl (C=O) groups is 3. The maximum absolute atomic E-state index is 12.5. The van der Waals surface area contributed by atoms with Crippen molar-refractivity contribution in [2.45, 2.75) is 12.5 Å². The molecule has 0 aliphatic carbocycles. The minimum atomic E-state index is -1.10. The lowest BCUT2D eigenvalue weighted by Gasteiger charge is -2.20. The molecule has 0 saturated heterocycles. The molecule has 1 atom stereocenters. The molecular formula is C20H21NO6. The van der Waals surface area contributed by atoms with Gasteiger partial charge in [-0.15, -0.1) is 0 Å². The molecule has 0 radical (unpaired) electrons. The summed E-state index contributed by atoms with van der Waals surface area (Å²) in [5, 5.41) is 2.66. The molecule has 0 fully saturated rings. The smallest absolute Gasteiger partial charge is 0.333 e. The van der Waals surface area contributed by atoms with Gasteiger partial charge < -0.3 is 19.5 Å². The van der Waals surface area contributed by atoms with E-state index in [-0.39, 0.29) is 6.42 Å². The highest BCUT2D eigenvalue weighted by molar-refractivity contribution is 5.97. The first kappa shape index (κ1) is 20.0. The molecule has 0 spiro atoms. The monoisotopic (exact) mass is 371 g/mol. The molecule has 1 amide bonds. The molecule has 2 rings (SSSR count). The number of esters is 2. The van der Waals surface area contributed by atoms with E-state index in [2.05, 4.69) is 10.1 Å². The lowest BCUT2D eigenvalue weighted by Crippen LogP contribution is -2.35. The van der Waals surface area contributed by atoms with Crippen molar-refractivity contribution in [3.8, 4) is 5.75 Å². The zero-order chi connectivity index (χ0) is 19.8. The van der Waals surface area contributed by atoms with Gasteiger partial charge in [0.15, 0.2) is 6.04 Å². The summed E-state index contributed by atoms with van der Waals surface area (Å²) in [6.45, 7) is 0. The number of amides is 1. The van der Waals surface area contributed by atoms with Crippen molar-refractivity contribution in [1.82, 2.24) is 5.32 Å². The normalized spacial score (nSPS) is 11.2. The Labute approximate surface area is 157 Å². The van der Waals surface area contributed by atoms with Gasteiger partial charge in [-0.05, 0) is 29.8 Å². The van der Waals surface area contributed by atoms with Crippen LogP contribution in [0.2, 0.25) is 0 Å². The van der Waals surface area contributed by atoms with E-state index in [1.54, 1.807) is 48.5 Å². The van der Waals surface area contributed by atoms with Gasteiger partial charge in [-0.3, -0.25) is 9.59 Å². The third kappa shape index (κ3) is 5.07. The number of benzene rings is 2. The molecule has 0 bridgehead atoms. The van der Waals surface area contributed by atoms with Crippen LogP contribution in [0.4, 0.5) is 0 Å². The van der Waals surface area contributed by atoms with Crippen LogP contribution in [0.25, 0.3) is 0 Å². The van der Waals surface area contributed by atoms with Crippen LogP contribution in [0.15, 0.2) is 48.5 Å². The fourth-order valence-corrected chi connectivity index (χ4v) is 2.54. The van der Waals surface area contributed by atoms with Gasteiger partial charge in [0.1, 0.15) is 5.75 Å². The second-order valence-corrected chi connectivity index (χ2v) is 5.62. The summed E-state index contributed by atoms with van der Waals surface area (Å²) in [6.07, 6.45) is 0.0218. The molecule has 0 saturated carbocycles. The van der Waals surface area contributed by atoms with Crippen LogP contribution < -0.4 is 10.1 Å². The SMILES string of the molecule is COC(=O)Cc1ccc(OC)c(C(NC(=O)c2ccccc2)C(=O)OC)c1. The van der Waals surface area contributed by atoms with E-state index >= 15 is 0 Å². The van der Waals surface area contributed by atoms with Crippen LogP contribution in [0.5, 0.6) is 5.75 Å². The first-order valence-corrected chi connectivity index (χ1v) is 8.17. The zero-order valence-corrected chi connectivity index (χ0v) is 15.4. The summed E-state index contributed by atoms with van der Waals surface area (Å²) in [6, 6.07) is 12.3. The Kier molecular flexibility index (Phi) is 6.93. The Balaban J connectivity index is 2.39. The predicted octanol–water partition coefficient (Wildman–Crippen LogP) is 2.05. The molecule has 27 heavy (non-hydrogen) atoms. The van der Waals surface area contributed by atoms with Crippen LogP contribution in [-0.4, -0.2) is 39.2 Å². The topological polar surface area (TPSA) is 90.9 Å². The molecular weight excluding hydrogens is 350 g/mol. The van der Waals surface area contributed by atoms with E-state index in [9.17, 15) is 14.4 Å². The number of hydrogen-bond acceptors (Lipinski definition) is 6. The second kappa shape index (κ2) is 9.38. The van der Waals surface area contributed by atoms with Crippen molar-refractivity contribution in [3.05, 3.63) is 65.2 Å². The molecule has 0 aliphatic rings. The van der Waals surface area contributed by atoms with Crippen molar-refractivity contribution in [2.24, 2.45) is 0 Å². The van der Waals surface area contributed by atoms with Gasteiger partial charge in [-0.25, -0.2) is 4.79 Å². The van der Waals surface area contributed by atoms with Crippen molar-refractivity contribution in [2.75, 3.05) is 21.3 Å². The average Bonchev–Trinajstić information content (AvgIpc) is 2.71. The van der Waals surface area contributed by atoms with E-state index in [4.69, 9.17) is 9.47 Å². The summed E-state index contributed by atoms with van der Waals surface area (Å²) in [5.74, 6) is -1.14. The van der Waals surface area contributed by atoms with Crippen LogP contribution in [0.3, 0.4) is 0 Å². The van der Waals surface area contributed by atoms with Crippen molar-refractivity contribution < 1.29 is 28.6 Å². The van der Waals surface area contributed by atoms with Gasteiger partial charge in [0.2, 0.25) is 0 Å². The third-order valence-corrected chi connectivity index (χ3v) is 3.93. The first-order chi connectivity index (χ1) is 13.0. The molecule has 0 aromatic heterocycles. The van der Waals surface area contributed by atoms with Gasteiger partial charge in [0.05, 0.1) is 27.8 Å². The van der Waals surface area contributed by atoms with Gasteiger partial charge in [-0.2, -0.15) is 0 Å². The average molecular weight is 371 g/mol. The van der Waals surface area contributed by atoms with E-state index in [1.165, 1.54) is 21.3 Å². The Morgan fingerprint density at radius 2 is 1.67 bits per heavy atom. The highest BCUT2D eigenvalue weighted by Gasteiger charge is 2.27. The number of nitrogens with one attached hydrogen (secondary N) is 1. The number of carbonyl (C=O) groups excluding carboxylic acids is 3. The molecule has 142 valence electrons. The summed E-state index contributed by atoms with van der Waals surface area (Å²) in [7, 11) is 3.98. The molecule has 1 N–H and O–H groups in total. The summed E-state index contributed by atoms with van der Waals surface area (Å²) < 4.78 is 14.8. The quantitative estimate of drug-likeness (QED) is 0.749. The largest absolute Gasteiger partial charge is 0.496 e. The minimum Gasteiger partial charge on any atom is -0.496 e. The fraction of sp³-hybridized carbons (Fsp3) is 0.250. The maximum atomic E-state index is 12.5. The lowest BCUT2D eigenvalue weighted by molar-refractivity contribution is -0.143. The third-order valence-electron chi connectivity index (χ3n) is 3.93. The van der Waals surface area contributed by atoms with Crippen molar-refractivity contribution >= 4 is 17.8 Å².